The van der Waals surface area contributed by atoms with Crippen molar-refractivity contribution in [2.45, 2.75) is 31.7 Å². The van der Waals surface area contributed by atoms with Crippen LogP contribution in [0.1, 0.15) is 26.2 Å². The van der Waals surface area contributed by atoms with Gasteiger partial charge in [-0.1, -0.05) is 19.1 Å². The summed E-state index contributed by atoms with van der Waals surface area (Å²) < 4.78 is 0. The lowest BCUT2D eigenvalue weighted by molar-refractivity contribution is -0.124. The highest BCUT2D eigenvalue weighted by molar-refractivity contribution is 7.80. The normalized spacial score (nSPS) is 31.9. The zero-order valence-electron chi connectivity index (χ0n) is 10.5. The Morgan fingerprint density at radius 1 is 1.47 bits per heavy atom. The second-order valence-electron chi connectivity index (χ2n) is 5.56. The Kier molecular flexibility index (Phi) is 3.41. The van der Waals surface area contributed by atoms with Gasteiger partial charge in [0, 0.05) is 19.0 Å². The van der Waals surface area contributed by atoms with E-state index < -0.39 is 5.54 Å². The van der Waals surface area contributed by atoms with Crippen LogP contribution in [0.2, 0.25) is 0 Å². The molecule has 0 aromatic carbocycles. The molecule has 17 heavy (non-hydrogen) atoms. The first-order chi connectivity index (χ1) is 7.94. The van der Waals surface area contributed by atoms with Crippen LogP contribution in [0.3, 0.4) is 0 Å². The molecule has 2 unspecified atom stereocenters. The van der Waals surface area contributed by atoms with Gasteiger partial charge >= 0.3 is 0 Å². The van der Waals surface area contributed by atoms with Crippen molar-refractivity contribution < 1.29 is 4.79 Å². The minimum Gasteiger partial charge on any atom is -0.391 e. The maximum Gasteiger partial charge on any atom is 0.224 e. The van der Waals surface area contributed by atoms with Gasteiger partial charge in [-0.2, -0.15) is 0 Å². The second kappa shape index (κ2) is 4.53. The molecule has 2 fully saturated rings. The molecule has 4 nitrogen and oxygen atoms in total. The highest BCUT2D eigenvalue weighted by Crippen LogP contribution is 2.38. The molecule has 0 spiro atoms. The quantitative estimate of drug-likeness (QED) is 0.722. The van der Waals surface area contributed by atoms with Crippen LogP contribution in [-0.2, 0) is 4.79 Å². The lowest BCUT2D eigenvalue weighted by atomic mass is 9.87. The number of likely N-dealkylation sites (tertiary alicyclic amines) is 1. The molecule has 0 radical (unpaired) electrons. The standard InChI is InChI=1S/C12H21N3OS/c1-8-7-9(8)10(16)14-12(11(13)17)3-5-15(2)6-4-12/h8-9H,3-7H2,1-2H3,(H2,13,17)(H,14,16). The number of carbonyl (C=O) groups excluding carboxylic acids is 1. The minimum absolute atomic E-state index is 0.134. The van der Waals surface area contributed by atoms with Gasteiger partial charge in [-0.3, -0.25) is 4.79 Å². The molecule has 96 valence electrons. The molecule has 1 aliphatic heterocycles. The summed E-state index contributed by atoms with van der Waals surface area (Å²) in [6, 6.07) is 0. The van der Waals surface area contributed by atoms with Gasteiger partial charge in [-0.15, -0.1) is 0 Å². The van der Waals surface area contributed by atoms with Crippen LogP contribution in [0.5, 0.6) is 0 Å². The summed E-state index contributed by atoms with van der Waals surface area (Å²) in [4.78, 5) is 14.7. The van der Waals surface area contributed by atoms with Crippen molar-refractivity contribution in [3.63, 3.8) is 0 Å². The number of hydrogen-bond acceptors (Lipinski definition) is 3. The Labute approximate surface area is 108 Å². The van der Waals surface area contributed by atoms with Crippen LogP contribution in [-0.4, -0.2) is 41.5 Å². The number of nitrogens with one attached hydrogen (secondary N) is 1. The minimum atomic E-state index is -0.443. The van der Waals surface area contributed by atoms with Gasteiger partial charge in [0.25, 0.3) is 0 Å². The number of hydrogen-bond donors (Lipinski definition) is 2. The van der Waals surface area contributed by atoms with Gasteiger partial charge in [0.15, 0.2) is 0 Å². The molecule has 1 amide bonds. The van der Waals surface area contributed by atoms with Crippen LogP contribution in [0.15, 0.2) is 0 Å². The van der Waals surface area contributed by atoms with E-state index in [0.717, 1.165) is 32.4 Å². The zero-order chi connectivity index (χ0) is 12.6. The van der Waals surface area contributed by atoms with E-state index in [-0.39, 0.29) is 11.8 Å². The van der Waals surface area contributed by atoms with Crippen LogP contribution < -0.4 is 11.1 Å². The molecule has 5 heteroatoms. The number of carbonyl (C=O) groups is 1. The summed E-state index contributed by atoms with van der Waals surface area (Å²) in [6.07, 6.45) is 2.65. The van der Waals surface area contributed by atoms with Crippen LogP contribution >= 0.6 is 12.2 Å². The molecular formula is C12H21N3OS. The van der Waals surface area contributed by atoms with Gasteiger partial charge in [0.05, 0.1) is 10.5 Å². The largest absolute Gasteiger partial charge is 0.391 e. The van der Waals surface area contributed by atoms with E-state index in [2.05, 4.69) is 24.2 Å². The molecule has 2 rings (SSSR count). The summed E-state index contributed by atoms with van der Waals surface area (Å²) in [7, 11) is 2.08. The van der Waals surface area contributed by atoms with Crippen LogP contribution in [0.4, 0.5) is 0 Å². The summed E-state index contributed by atoms with van der Waals surface area (Å²) >= 11 is 5.17. The van der Waals surface area contributed by atoms with Crippen LogP contribution in [0.25, 0.3) is 0 Å². The Morgan fingerprint density at radius 3 is 2.41 bits per heavy atom. The Morgan fingerprint density at radius 2 is 2.00 bits per heavy atom. The van der Waals surface area contributed by atoms with Gasteiger partial charge < -0.3 is 16.0 Å². The molecule has 1 saturated heterocycles. The third-order valence-electron chi connectivity index (χ3n) is 4.12. The molecule has 0 aromatic rings. The molecule has 0 aromatic heterocycles. The molecule has 2 aliphatic rings. The van der Waals surface area contributed by atoms with E-state index in [1.54, 1.807) is 0 Å². The van der Waals surface area contributed by atoms with E-state index in [9.17, 15) is 4.79 Å². The van der Waals surface area contributed by atoms with E-state index in [4.69, 9.17) is 18.0 Å². The number of rotatable bonds is 3. The predicted molar refractivity (Wildman–Crippen MR) is 71.7 cm³/mol. The van der Waals surface area contributed by atoms with Crippen molar-refractivity contribution in [2.24, 2.45) is 17.6 Å². The molecule has 1 saturated carbocycles. The van der Waals surface area contributed by atoms with Crippen molar-refractivity contribution in [1.82, 2.24) is 10.2 Å². The van der Waals surface area contributed by atoms with Gasteiger partial charge in [0.1, 0.15) is 0 Å². The van der Waals surface area contributed by atoms with Crippen LogP contribution in [0, 0.1) is 11.8 Å². The fraction of sp³-hybridized carbons (Fsp3) is 0.833. The van der Waals surface area contributed by atoms with E-state index in [1.807, 2.05) is 0 Å². The average Bonchev–Trinajstić information content (AvgIpc) is 2.99. The Balaban J connectivity index is 2.02. The van der Waals surface area contributed by atoms with E-state index in [1.165, 1.54) is 0 Å². The first-order valence-electron chi connectivity index (χ1n) is 6.25. The molecule has 0 bridgehead atoms. The number of amides is 1. The highest BCUT2D eigenvalue weighted by Gasteiger charge is 2.44. The summed E-state index contributed by atoms with van der Waals surface area (Å²) in [5.74, 6) is 0.834. The smallest absolute Gasteiger partial charge is 0.224 e. The Bertz CT molecular complexity index is 337. The highest BCUT2D eigenvalue weighted by atomic mass is 32.1. The monoisotopic (exact) mass is 255 g/mol. The molecule has 1 aliphatic carbocycles. The number of piperidine rings is 1. The number of nitrogens with two attached hydrogens (primary N) is 1. The maximum absolute atomic E-state index is 12.0. The first-order valence-corrected chi connectivity index (χ1v) is 6.66. The maximum atomic E-state index is 12.0. The zero-order valence-corrected chi connectivity index (χ0v) is 11.3. The van der Waals surface area contributed by atoms with E-state index >= 15 is 0 Å². The average molecular weight is 255 g/mol. The van der Waals surface area contributed by atoms with Gasteiger partial charge in [-0.05, 0) is 32.2 Å². The van der Waals surface area contributed by atoms with Crippen molar-refractivity contribution in [2.75, 3.05) is 20.1 Å². The topological polar surface area (TPSA) is 58.4 Å². The molecule has 3 N–H and O–H groups in total. The van der Waals surface area contributed by atoms with Crippen molar-refractivity contribution in [1.29, 1.82) is 0 Å². The number of thiocarbonyl (C=S) groups is 1. The van der Waals surface area contributed by atoms with Gasteiger partial charge in [0.2, 0.25) is 5.91 Å². The fourth-order valence-electron chi connectivity index (χ4n) is 2.45. The lowest BCUT2D eigenvalue weighted by Gasteiger charge is -2.40. The molecule has 2 atom stereocenters. The van der Waals surface area contributed by atoms with Crippen molar-refractivity contribution >= 4 is 23.1 Å². The SMILES string of the molecule is CC1CC1C(=O)NC1(C(N)=S)CCN(C)CC1. The van der Waals surface area contributed by atoms with E-state index in [0.29, 0.717) is 10.9 Å². The summed E-state index contributed by atoms with van der Waals surface area (Å²) in [5, 5.41) is 3.11. The van der Waals surface area contributed by atoms with Crippen molar-refractivity contribution in [3.05, 3.63) is 0 Å². The Hall–Kier alpha value is -0.680. The lowest BCUT2D eigenvalue weighted by Crippen LogP contribution is -2.61. The van der Waals surface area contributed by atoms with Crippen molar-refractivity contribution in [3.8, 4) is 0 Å². The summed E-state index contributed by atoms with van der Waals surface area (Å²) in [6.45, 7) is 3.96. The fourth-order valence-corrected chi connectivity index (χ4v) is 2.70. The second-order valence-corrected chi connectivity index (χ2v) is 6.00. The number of nitrogens with zero attached hydrogens (tertiary/aromatic N) is 1. The van der Waals surface area contributed by atoms with Gasteiger partial charge in [-0.25, -0.2) is 0 Å². The predicted octanol–water partition coefficient (Wildman–Crippen LogP) is 0.509. The molecule has 1 heterocycles. The summed E-state index contributed by atoms with van der Waals surface area (Å²) in [5.41, 5.74) is 5.41. The third kappa shape index (κ3) is 2.60. The third-order valence-corrected chi connectivity index (χ3v) is 4.51. The first kappa shape index (κ1) is 12.8. The molecular weight excluding hydrogens is 234 g/mol.